The summed E-state index contributed by atoms with van der Waals surface area (Å²) in [6.45, 7) is 3.30. The third-order valence-corrected chi connectivity index (χ3v) is 3.78. The van der Waals surface area contributed by atoms with Crippen molar-refractivity contribution >= 4 is 27.5 Å². The van der Waals surface area contributed by atoms with E-state index < -0.39 is 17.8 Å². The fourth-order valence-corrected chi connectivity index (χ4v) is 2.50. The Balaban J connectivity index is 0.00000264. The normalized spacial score (nSPS) is 17.6. The first-order chi connectivity index (χ1) is 10.5. The number of allylic oxidation sites excluding steroid dienone is 1. The van der Waals surface area contributed by atoms with Crippen molar-refractivity contribution in [2.24, 2.45) is 0 Å². The first-order valence-corrected chi connectivity index (χ1v) is 7.63. The Kier molecular flexibility index (Phi) is 8.58. The molecule has 1 unspecified atom stereocenters. The van der Waals surface area contributed by atoms with E-state index in [0.717, 1.165) is 4.90 Å². The molecule has 0 bridgehead atoms. The first-order valence-electron chi connectivity index (χ1n) is 6.71. The zero-order valence-corrected chi connectivity index (χ0v) is 16.8. The van der Waals surface area contributed by atoms with Crippen LogP contribution in [0.15, 0.2) is 36.9 Å². The molecule has 0 spiro atoms. The average Bonchev–Trinajstić information content (AvgIpc) is 2.50. The summed E-state index contributed by atoms with van der Waals surface area (Å²) in [7, 11) is 0. The van der Waals surface area contributed by atoms with Crippen molar-refractivity contribution in [3.63, 3.8) is 0 Å². The second-order valence-corrected chi connectivity index (χ2v) is 5.77. The van der Waals surface area contributed by atoms with E-state index in [2.05, 4.69) is 28.6 Å². The molecule has 0 saturated heterocycles. The number of carbonyl (C=O) groups is 1. The number of halogens is 3. The van der Waals surface area contributed by atoms with Gasteiger partial charge in [0.15, 0.2) is 0 Å². The molecule has 0 N–H and O–H groups in total. The molecule has 2 rings (SSSR count). The van der Waals surface area contributed by atoms with Crippen LogP contribution in [0.5, 0.6) is 5.75 Å². The van der Waals surface area contributed by atoms with E-state index in [0.29, 0.717) is 30.0 Å². The molecule has 1 aromatic carbocycles. The predicted octanol–water partition coefficient (Wildman–Crippen LogP) is 3.65. The zero-order valence-electron chi connectivity index (χ0n) is 12.3. The van der Waals surface area contributed by atoms with E-state index in [9.17, 15) is 13.6 Å². The number of carbonyl (C=O) groups excluding carboxylic acids is 1. The minimum absolute atomic E-state index is 0. The van der Waals surface area contributed by atoms with E-state index in [4.69, 9.17) is 4.74 Å². The summed E-state index contributed by atoms with van der Waals surface area (Å²) in [5.41, 5.74) is 1.04. The summed E-state index contributed by atoms with van der Waals surface area (Å²) in [5, 5.41) is 0. The molecular formula is C16H15BrF2NO2Y-. The van der Waals surface area contributed by atoms with Gasteiger partial charge in [-0.15, -0.1) is 17.8 Å². The Labute approximate surface area is 167 Å². The number of hydrogen-bond acceptors (Lipinski definition) is 2. The van der Waals surface area contributed by atoms with Crippen LogP contribution in [0.4, 0.5) is 8.78 Å². The molecule has 1 aliphatic heterocycles. The molecule has 1 aromatic rings. The number of nitrogens with zero attached hydrogens (tertiary/aromatic N) is 1. The summed E-state index contributed by atoms with van der Waals surface area (Å²) in [6, 6.07) is 6.89. The second-order valence-electron chi connectivity index (χ2n) is 4.66. The van der Waals surface area contributed by atoms with E-state index in [-0.39, 0.29) is 38.6 Å². The molecular weight excluding hydrogens is 445 g/mol. The summed E-state index contributed by atoms with van der Waals surface area (Å²) in [5.74, 6) is 0.270. The van der Waals surface area contributed by atoms with E-state index in [1.165, 1.54) is 0 Å². The summed E-state index contributed by atoms with van der Waals surface area (Å²) in [4.78, 5) is 12.7. The van der Waals surface area contributed by atoms with Gasteiger partial charge in [-0.25, -0.2) is 14.9 Å². The van der Waals surface area contributed by atoms with Crippen LogP contribution in [0.1, 0.15) is 12.0 Å². The number of rotatable bonds is 6. The molecule has 3 nitrogen and oxygen atoms in total. The monoisotopic (exact) mass is 459 g/mol. The standard InChI is InChI=1S/C16H15BrF2NO2.Y/c1-2-9-22-12-5-3-11(4-6-12)14-8-7-13(17)16(21)20(14)10-15(18)19;/h2-6,13,15H,1,7,9-10H2;/q-1;. The van der Waals surface area contributed by atoms with Crippen molar-refractivity contribution in [2.75, 3.05) is 13.2 Å². The molecule has 1 atom stereocenters. The molecule has 1 amide bonds. The van der Waals surface area contributed by atoms with Crippen LogP contribution in [-0.4, -0.2) is 35.2 Å². The van der Waals surface area contributed by atoms with Crippen molar-refractivity contribution in [2.45, 2.75) is 17.7 Å². The van der Waals surface area contributed by atoms with Crippen LogP contribution >= 0.6 is 15.9 Å². The maximum Gasteiger partial charge on any atom is 0.256 e. The Hall–Kier alpha value is -0.586. The number of benzene rings is 1. The molecule has 1 heterocycles. The number of hydrogen-bond donors (Lipinski definition) is 0. The summed E-state index contributed by atoms with van der Waals surface area (Å²) in [6.07, 6.45) is 2.39. The van der Waals surface area contributed by atoms with Gasteiger partial charge < -0.3 is 9.64 Å². The van der Waals surface area contributed by atoms with Gasteiger partial charge in [0.1, 0.15) is 12.4 Å². The molecule has 0 fully saturated rings. The third kappa shape index (κ3) is 5.47. The topological polar surface area (TPSA) is 29.5 Å². The molecule has 0 aliphatic carbocycles. The first kappa shape index (κ1) is 20.5. The van der Waals surface area contributed by atoms with Gasteiger partial charge in [-0.1, -0.05) is 35.0 Å². The minimum Gasteiger partial charge on any atom is -0.490 e. The summed E-state index contributed by atoms with van der Waals surface area (Å²) >= 11 is 3.18. The van der Waals surface area contributed by atoms with Crippen molar-refractivity contribution in [3.05, 3.63) is 48.6 Å². The third-order valence-electron chi connectivity index (χ3n) is 3.07. The Morgan fingerprint density at radius 1 is 1.43 bits per heavy atom. The molecule has 0 saturated carbocycles. The fourth-order valence-electron chi connectivity index (χ4n) is 2.09. The van der Waals surface area contributed by atoms with Crippen LogP contribution in [-0.2, 0) is 37.5 Å². The molecule has 1 radical (unpaired) electrons. The van der Waals surface area contributed by atoms with Gasteiger partial charge in [0.2, 0.25) is 5.91 Å². The van der Waals surface area contributed by atoms with Gasteiger partial charge in [0.25, 0.3) is 6.43 Å². The quantitative estimate of drug-likeness (QED) is 0.369. The maximum absolute atomic E-state index is 12.7. The van der Waals surface area contributed by atoms with Crippen LogP contribution in [0.3, 0.4) is 0 Å². The van der Waals surface area contributed by atoms with Gasteiger partial charge in [0.05, 0.1) is 11.4 Å². The molecule has 23 heavy (non-hydrogen) atoms. The largest absolute Gasteiger partial charge is 0.490 e. The van der Waals surface area contributed by atoms with Gasteiger partial charge >= 0.3 is 0 Å². The number of alkyl halides is 3. The van der Waals surface area contributed by atoms with Gasteiger partial charge in [0, 0.05) is 32.7 Å². The van der Waals surface area contributed by atoms with E-state index in [1.807, 2.05) is 0 Å². The summed E-state index contributed by atoms with van der Waals surface area (Å²) < 4.78 is 30.8. The van der Waals surface area contributed by atoms with E-state index >= 15 is 0 Å². The Morgan fingerprint density at radius 3 is 2.65 bits per heavy atom. The molecule has 7 heteroatoms. The smallest absolute Gasteiger partial charge is 0.256 e. The SMILES string of the molecule is C=CCOc1ccc(C2=[C-]CC(Br)C(=O)N2CC(F)F)cc1.[Y]. The van der Waals surface area contributed by atoms with Crippen molar-refractivity contribution in [1.29, 1.82) is 0 Å². The van der Waals surface area contributed by atoms with Crippen molar-refractivity contribution in [1.82, 2.24) is 4.90 Å². The van der Waals surface area contributed by atoms with Crippen molar-refractivity contribution in [3.8, 4) is 5.75 Å². The van der Waals surface area contributed by atoms with Crippen LogP contribution in [0.25, 0.3) is 5.70 Å². The van der Waals surface area contributed by atoms with Gasteiger partial charge in [-0.3, -0.25) is 4.79 Å². The molecule has 121 valence electrons. The molecule has 1 aliphatic rings. The van der Waals surface area contributed by atoms with E-state index in [1.54, 1.807) is 30.3 Å². The Bertz CT molecular complexity index is 578. The zero-order chi connectivity index (χ0) is 16.1. The average molecular weight is 460 g/mol. The van der Waals surface area contributed by atoms with Crippen LogP contribution in [0, 0.1) is 6.08 Å². The number of ether oxygens (including phenoxy) is 1. The van der Waals surface area contributed by atoms with Gasteiger partial charge in [-0.05, 0) is 12.1 Å². The maximum atomic E-state index is 12.7. The van der Waals surface area contributed by atoms with Gasteiger partial charge in [-0.2, -0.15) is 5.56 Å². The Morgan fingerprint density at radius 2 is 2.09 bits per heavy atom. The second kappa shape index (κ2) is 9.65. The number of amides is 1. The predicted molar refractivity (Wildman–Crippen MR) is 83.8 cm³/mol. The van der Waals surface area contributed by atoms with Crippen LogP contribution in [0.2, 0.25) is 0 Å². The minimum atomic E-state index is -2.60. The van der Waals surface area contributed by atoms with Crippen LogP contribution < -0.4 is 4.74 Å². The molecule has 0 aromatic heterocycles. The van der Waals surface area contributed by atoms with Crippen molar-refractivity contribution < 1.29 is 51.0 Å². The fraction of sp³-hybridized carbons (Fsp3) is 0.312.